The van der Waals surface area contributed by atoms with Crippen LogP contribution in [0.4, 0.5) is 5.13 Å². The summed E-state index contributed by atoms with van der Waals surface area (Å²) >= 11 is 7.54. The first-order valence-electron chi connectivity index (χ1n) is 7.53. The Bertz CT molecular complexity index is 440. The molecule has 2 fully saturated rings. The number of aromatic nitrogens is 1. The molecule has 6 heteroatoms. The Hall–Kier alpha value is -0.360. The highest BCUT2D eigenvalue weighted by Crippen LogP contribution is 2.32. The van der Waals surface area contributed by atoms with E-state index >= 15 is 0 Å². The molecule has 4 nitrogen and oxygen atoms in total. The molecule has 3 rings (SSSR count). The lowest BCUT2D eigenvalue weighted by Gasteiger charge is -2.40. The molecule has 0 aliphatic carbocycles. The number of anilines is 1. The summed E-state index contributed by atoms with van der Waals surface area (Å²) in [6.45, 7) is 4.65. The highest BCUT2D eigenvalue weighted by molar-refractivity contribution is 7.16. The first kappa shape index (κ1) is 14.6. The van der Waals surface area contributed by atoms with E-state index in [0.29, 0.717) is 5.15 Å². The van der Waals surface area contributed by atoms with Crippen molar-refractivity contribution in [3.05, 3.63) is 10.0 Å². The van der Waals surface area contributed by atoms with Crippen molar-refractivity contribution in [2.75, 3.05) is 31.1 Å². The molecule has 0 spiro atoms. The quantitative estimate of drug-likeness (QED) is 0.931. The predicted octanol–water partition coefficient (Wildman–Crippen LogP) is 2.74. The van der Waals surface area contributed by atoms with Gasteiger partial charge in [-0.3, -0.25) is 0 Å². The van der Waals surface area contributed by atoms with Gasteiger partial charge in [0.05, 0.1) is 11.5 Å². The Labute approximate surface area is 129 Å². The Kier molecular flexibility index (Phi) is 4.81. The number of nitrogens with zero attached hydrogens (tertiary/aromatic N) is 3. The average Bonchev–Trinajstić information content (AvgIpc) is 2.89. The Morgan fingerprint density at radius 3 is 2.45 bits per heavy atom. The summed E-state index contributed by atoms with van der Waals surface area (Å²) in [7, 11) is 0. The van der Waals surface area contributed by atoms with E-state index in [1.807, 2.05) is 0 Å². The molecular formula is C14H22ClN3OS. The highest BCUT2D eigenvalue weighted by Gasteiger charge is 2.27. The van der Waals surface area contributed by atoms with Gasteiger partial charge in [-0.05, 0) is 38.8 Å². The van der Waals surface area contributed by atoms with Crippen molar-refractivity contribution in [3.63, 3.8) is 0 Å². The lowest BCUT2D eigenvalue weighted by molar-refractivity contribution is 0.141. The number of aliphatic hydroxyl groups excluding tert-OH is 1. The summed E-state index contributed by atoms with van der Waals surface area (Å²) < 4.78 is 0. The fourth-order valence-corrected chi connectivity index (χ4v) is 4.43. The molecule has 0 bridgehead atoms. The molecule has 2 aliphatic heterocycles. The second-order valence-corrected chi connectivity index (χ2v) is 7.10. The largest absolute Gasteiger partial charge is 0.391 e. The number of halogens is 1. The van der Waals surface area contributed by atoms with Gasteiger partial charge in [0.1, 0.15) is 5.15 Å². The molecule has 112 valence electrons. The van der Waals surface area contributed by atoms with E-state index in [9.17, 15) is 5.11 Å². The van der Waals surface area contributed by atoms with Gasteiger partial charge in [-0.1, -0.05) is 29.4 Å². The lowest BCUT2D eigenvalue weighted by atomic mass is 10.0. The van der Waals surface area contributed by atoms with Gasteiger partial charge < -0.3 is 14.9 Å². The summed E-state index contributed by atoms with van der Waals surface area (Å²) in [5.41, 5.74) is 0. The van der Waals surface area contributed by atoms with Crippen molar-refractivity contribution in [1.29, 1.82) is 0 Å². The first-order chi connectivity index (χ1) is 9.78. The lowest BCUT2D eigenvalue weighted by Crippen LogP contribution is -2.46. The van der Waals surface area contributed by atoms with Crippen molar-refractivity contribution in [2.24, 2.45) is 0 Å². The molecule has 20 heavy (non-hydrogen) atoms. The van der Waals surface area contributed by atoms with Crippen LogP contribution in [0.3, 0.4) is 0 Å². The molecule has 1 aromatic heterocycles. The van der Waals surface area contributed by atoms with Gasteiger partial charge in [-0.2, -0.15) is 0 Å². The highest BCUT2D eigenvalue weighted by atomic mass is 35.5. The topological polar surface area (TPSA) is 39.6 Å². The number of thiazole rings is 1. The summed E-state index contributed by atoms with van der Waals surface area (Å²) in [4.78, 5) is 10.1. The van der Waals surface area contributed by atoms with E-state index in [4.69, 9.17) is 11.6 Å². The molecule has 2 aliphatic rings. The van der Waals surface area contributed by atoms with E-state index in [2.05, 4.69) is 14.8 Å². The van der Waals surface area contributed by atoms with Crippen LogP contribution in [-0.2, 0) is 6.61 Å². The van der Waals surface area contributed by atoms with Gasteiger partial charge in [0, 0.05) is 19.1 Å². The van der Waals surface area contributed by atoms with Crippen molar-refractivity contribution < 1.29 is 5.11 Å². The minimum absolute atomic E-state index is 0.0132. The minimum atomic E-state index is -0.0132. The maximum Gasteiger partial charge on any atom is 0.187 e. The molecular weight excluding hydrogens is 294 g/mol. The minimum Gasteiger partial charge on any atom is -0.391 e. The number of hydrogen-bond donors (Lipinski definition) is 1. The van der Waals surface area contributed by atoms with Crippen molar-refractivity contribution in [1.82, 2.24) is 9.88 Å². The third-order valence-corrected chi connectivity index (χ3v) is 5.95. The van der Waals surface area contributed by atoms with E-state index in [0.717, 1.165) is 29.1 Å². The number of piperidine rings is 2. The van der Waals surface area contributed by atoms with E-state index < -0.39 is 0 Å². The number of hydrogen-bond acceptors (Lipinski definition) is 5. The van der Waals surface area contributed by atoms with Crippen LogP contribution in [0.25, 0.3) is 0 Å². The van der Waals surface area contributed by atoms with E-state index in [1.54, 1.807) is 0 Å². The second-order valence-electron chi connectivity index (χ2n) is 5.68. The molecule has 0 aromatic carbocycles. The SMILES string of the molecule is OCc1sc(N2CCC(N3CCCCC3)CC2)nc1Cl. The molecule has 0 radical (unpaired) electrons. The zero-order valence-corrected chi connectivity index (χ0v) is 13.3. The zero-order chi connectivity index (χ0) is 13.9. The molecule has 1 N–H and O–H groups in total. The van der Waals surface area contributed by atoms with Gasteiger partial charge in [0.15, 0.2) is 5.13 Å². The third kappa shape index (κ3) is 3.11. The molecule has 3 heterocycles. The Balaban J connectivity index is 1.57. The normalized spacial score (nSPS) is 22.4. The molecule has 0 saturated carbocycles. The molecule has 0 unspecified atom stereocenters. The fraction of sp³-hybridized carbons (Fsp3) is 0.786. The second kappa shape index (κ2) is 6.60. The van der Waals surface area contributed by atoms with Crippen molar-refractivity contribution >= 4 is 28.1 Å². The number of likely N-dealkylation sites (tertiary alicyclic amines) is 1. The molecule has 2 saturated heterocycles. The smallest absolute Gasteiger partial charge is 0.187 e. The maximum atomic E-state index is 9.20. The van der Waals surface area contributed by atoms with Crippen LogP contribution in [0.2, 0.25) is 5.15 Å². The van der Waals surface area contributed by atoms with Crippen LogP contribution in [-0.4, -0.2) is 47.2 Å². The fourth-order valence-electron chi connectivity index (χ4n) is 3.26. The van der Waals surface area contributed by atoms with Crippen molar-refractivity contribution in [3.8, 4) is 0 Å². The molecule has 0 atom stereocenters. The Morgan fingerprint density at radius 2 is 1.85 bits per heavy atom. The summed E-state index contributed by atoms with van der Waals surface area (Å²) in [6.07, 6.45) is 6.55. The van der Waals surface area contributed by atoms with Gasteiger partial charge in [0.25, 0.3) is 0 Å². The molecule has 1 aromatic rings. The van der Waals surface area contributed by atoms with E-state index in [1.165, 1.54) is 56.5 Å². The third-order valence-electron chi connectivity index (χ3n) is 4.42. The van der Waals surface area contributed by atoms with Crippen molar-refractivity contribution in [2.45, 2.75) is 44.8 Å². The van der Waals surface area contributed by atoms with Gasteiger partial charge in [0.2, 0.25) is 0 Å². The van der Waals surface area contributed by atoms with Crippen LogP contribution in [0, 0.1) is 0 Å². The van der Waals surface area contributed by atoms with Crippen LogP contribution in [0.1, 0.15) is 37.0 Å². The van der Waals surface area contributed by atoms with Crippen LogP contribution >= 0.6 is 22.9 Å². The standard InChI is InChI=1S/C14H22ClN3OS/c15-13-12(10-19)20-14(16-13)18-8-4-11(5-9-18)17-6-2-1-3-7-17/h11,19H,1-10H2. The Morgan fingerprint density at radius 1 is 1.15 bits per heavy atom. The van der Waals surface area contributed by atoms with Gasteiger partial charge in [-0.15, -0.1) is 0 Å². The van der Waals surface area contributed by atoms with Crippen LogP contribution < -0.4 is 4.90 Å². The predicted molar refractivity (Wildman–Crippen MR) is 83.7 cm³/mol. The number of aliphatic hydroxyl groups is 1. The van der Waals surface area contributed by atoms with Crippen LogP contribution in [0.5, 0.6) is 0 Å². The van der Waals surface area contributed by atoms with Gasteiger partial charge >= 0.3 is 0 Å². The summed E-state index contributed by atoms with van der Waals surface area (Å²) in [5.74, 6) is 0. The molecule has 0 amide bonds. The average molecular weight is 316 g/mol. The van der Waals surface area contributed by atoms with E-state index in [-0.39, 0.29) is 6.61 Å². The summed E-state index contributed by atoms with van der Waals surface area (Å²) in [6, 6.07) is 0.749. The number of rotatable bonds is 3. The summed E-state index contributed by atoms with van der Waals surface area (Å²) in [5, 5.41) is 10.6. The first-order valence-corrected chi connectivity index (χ1v) is 8.72. The monoisotopic (exact) mass is 315 g/mol. The maximum absolute atomic E-state index is 9.20. The van der Waals surface area contributed by atoms with Gasteiger partial charge in [-0.25, -0.2) is 4.98 Å². The zero-order valence-electron chi connectivity index (χ0n) is 11.7. The van der Waals surface area contributed by atoms with Crippen LogP contribution in [0.15, 0.2) is 0 Å².